The van der Waals surface area contributed by atoms with E-state index in [9.17, 15) is 4.79 Å². The van der Waals surface area contributed by atoms with E-state index in [-0.39, 0.29) is 5.78 Å². The monoisotopic (exact) mass is 176 g/mol. The number of nitrogens with zero attached hydrogens (tertiary/aromatic N) is 2. The number of fused-ring (bicyclic) bond motifs is 1. The lowest BCUT2D eigenvalue weighted by atomic mass is 10.1. The number of pyridine rings is 1. The summed E-state index contributed by atoms with van der Waals surface area (Å²) in [4.78, 5) is 17.8. The topological polar surface area (TPSA) is 33.2 Å². The van der Waals surface area contributed by atoms with Crippen molar-refractivity contribution in [1.82, 2.24) is 4.98 Å². The number of carbonyl (C=O) groups excluding carboxylic acids is 1. The lowest BCUT2D eigenvalue weighted by molar-refractivity contribution is 0.0979. The van der Waals surface area contributed by atoms with Gasteiger partial charge in [-0.05, 0) is 18.6 Å². The van der Waals surface area contributed by atoms with Crippen molar-refractivity contribution in [2.24, 2.45) is 0 Å². The lowest BCUT2D eigenvalue weighted by Crippen LogP contribution is -2.18. The molecule has 0 atom stereocenters. The number of rotatable bonds is 0. The number of hydrogen-bond donors (Lipinski definition) is 0. The van der Waals surface area contributed by atoms with Gasteiger partial charge in [0, 0.05) is 26.2 Å². The van der Waals surface area contributed by atoms with Crippen LogP contribution < -0.4 is 4.90 Å². The summed E-state index contributed by atoms with van der Waals surface area (Å²) in [5.74, 6) is 0.167. The maximum Gasteiger partial charge on any atom is 0.183 e. The van der Waals surface area contributed by atoms with Gasteiger partial charge in [-0.2, -0.15) is 0 Å². The molecule has 0 unspecified atom stereocenters. The molecule has 1 aromatic rings. The van der Waals surface area contributed by atoms with Crippen LogP contribution in [0.5, 0.6) is 0 Å². The van der Waals surface area contributed by atoms with Crippen LogP contribution in [-0.4, -0.2) is 24.4 Å². The summed E-state index contributed by atoms with van der Waals surface area (Å²) >= 11 is 0. The summed E-state index contributed by atoms with van der Waals surface area (Å²) in [6.07, 6.45) is 3.22. The highest BCUT2D eigenvalue weighted by atomic mass is 16.1. The van der Waals surface area contributed by atoms with Crippen molar-refractivity contribution < 1.29 is 4.79 Å². The number of Topliss-reactive ketones (excluding diaryl/α,β-unsaturated/α-hetero) is 1. The Balaban J connectivity index is 2.51. The molecule has 0 aromatic carbocycles. The van der Waals surface area contributed by atoms with Crippen LogP contribution >= 0.6 is 0 Å². The number of ketones is 1. The van der Waals surface area contributed by atoms with Crippen LogP contribution in [0.15, 0.2) is 18.3 Å². The lowest BCUT2D eigenvalue weighted by Gasteiger charge is -2.17. The van der Waals surface area contributed by atoms with Gasteiger partial charge in [0.25, 0.3) is 0 Å². The summed E-state index contributed by atoms with van der Waals surface area (Å²) in [6.45, 7) is 0.935. The SMILES string of the molecule is CN1CCCC(=O)c2ncccc21. The maximum atomic E-state index is 11.6. The maximum absolute atomic E-state index is 11.6. The summed E-state index contributed by atoms with van der Waals surface area (Å²) in [5, 5.41) is 0. The van der Waals surface area contributed by atoms with E-state index in [4.69, 9.17) is 0 Å². The van der Waals surface area contributed by atoms with Gasteiger partial charge in [0.2, 0.25) is 0 Å². The molecular weight excluding hydrogens is 164 g/mol. The molecule has 13 heavy (non-hydrogen) atoms. The zero-order valence-electron chi connectivity index (χ0n) is 7.66. The number of carbonyl (C=O) groups is 1. The van der Waals surface area contributed by atoms with Crippen molar-refractivity contribution >= 4 is 11.5 Å². The molecule has 2 rings (SSSR count). The van der Waals surface area contributed by atoms with Gasteiger partial charge in [-0.3, -0.25) is 9.78 Å². The van der Waals surface area contributed by atoms with E-state index in [0.717, 1.165) is 18.7 Å². The molecule has 0 saturated carbocycles. The van der Waals surface area contributed by atoms with E-state index in [1.54, 1.807) is 6.20 Å². The molecular formula is C10H12N2O. The smallest absolute Gasteiger partial charge is 0.183 e. The summed E-state index contributed by atoms with van der Waals surface area (Å²) in [6, 6.07) is 3.82. The van der Waals surface area contributed by atoms with Gasteiger partial charge in [-0.1, -0.05) is 0 Å². The Kier molecular flexibility index (Phi) is 2.00. The summed E-state index contributed by atoms with van der Waals surface area (Å²) < 4.78 is 0. The molecule has 0 N–H and O–H groups in total. The Morgan fingerprint density at radius 2 is 2.38 bits per heavy atom. The van der Waals surface area contributed by atoms with Crippen molar-refractivity contribution in [3.63, 3.8) is 0 Å². The van der Waals surface area contributed by atoms with Gasteiger partial charge in [-0.25, -0.2) is 0 Å². The molecule has 0 spiro atoms. The zero-order valence-corrected chi connectivity index (χ0v) is 7.66. The number of anilines is 1. The second kappa shape index (κ2) is 3.17. The minimum atomic E-state index is 0.167. The van der Waals surface area contributed by atoms with Crippen molar-refractivity contribution in [3.05, 3.63) is 24.0 Å². The first-order chi connectivity index (χ1) is 6.29. The molecule has 2 heterocycles. The van der Waals surface area contributed by atoms with Crippen molar-refractivity contribution in [2.45, 2.75) is 12.8 Å². The van der Waals surface area contributed by atoms with Crippen LogP contribution in [0.25, 0.3) is 0 Å². The molecule has 68 valence electrons. The highest BCUT2D eigenvalue weighted by Crippen LogP contribution is 2.22. The zero-order chi connectivity index (χ0) is 9.26. The molecule has 1 aromatic heterocycles. The first-order valence-corrected chi connectivity index (χ1v) is 4.48. The Hall–Kier alpha value is -1.38. The predicted molar refractivity (Wildman–Crippen MR) is 51.1 cm³/mol. The van der Waals surface area contributed by atoms with E-state index < -0.39 is 0 Å². The molecule has 1 aliphatic heterocycles. The van der Waals surface area contributed by atoms with Crippen LogP contribution in [0.4, 0.5) is 5.69 Å². The highest BCUT2D eigenvalue weighted by Gasteiger charge is 2.18. The minimum Gasteiger partial charge on any atom is -0.373 e. The van der Waals surface area contributed by atoms with E-state index in [1.807, 2.05) is 19.2 Å². The van der Waals surface area contributed by atoms with Crippen LogP contribution in [0.3, 0.4) is 0 Å². The molecule has 3 heteroatoms. The largest absolute Gasteiger partial charge is 0.373 e. The quantitative estimate of drug-likeness (QED) is 0.600. The van der Waals surface area contributed by atoms with Gasteiger partial charge in [0.1, 0.15) is 5.69 Å². The third-order valence-electron chi connectivity index (χ3n) is 2.36. The van der Waals surface area contributed by atoms with Crippen LogP contribution in [-0.2, 0) is 0 Å². The highest BCUT2D eigenvalue weighted by molar-refractivity contribution is 5.99. The summed E-state index contributed by atoms with van der Waals surface area (Å²) in [7, 11) is 2.00. The molecule has 1 aliphatic rings. The van der Waals surface area contributed by atoms with Gasteiger partial charge in [0.15, 0.2) is 5.78 Å². The Morgan fingerprint density at radius 1 is 1.54 bits per heavy atom. The molecule has 0 amide bonds. The van der Waals surface area contributed by atoms with Crippen molar-refractivity contribution in [3.8, 4) is 0 Å². The van der Waals surface area contributed by atoms with Crippen LogP contribution in [0.1, 0.15) is 23.3 Å². The first-order valence-electron chi connectivity index (χ1n) is 4.48. The fourth-order valence-corrected chi connectivity index (χ4v) is 1.64. The van der Waals surface area contributed by atoms with Crippen LogP contribution in [0, 0.1) is 0 Å². The first kappa shape index (κ1) is 8.23. The molecule has 0 saturated heterocycles. The van der Waals surface area contributed by atoms with Crippen LogP contribution in [0.2, 0.25) is 0 Å². The number of hydrogen-bond acceptors (Lipinski definition) is 3. The minimum absolute atomic E-state index is 0.167. The standard InChI is InChI=1S/C10H12N2O/c1-12-7-3-5-9(13)10-8(12)4-2-6-11-10/h2,4,6H,3,5,7H2,1H3. The molecule has 0 fully saturated rings. The predicted octanol–water partition coefficient (Wildman–Crippen LogP) is 1.49. The molecule has 0 aliphatic carbocycles. The second-order valence-electron chi connectivity index (χ2n) is 3.32. The van der Waals surface area contributed by atoms with E-state index in [2.05, 4.69) is 9.88 Å². The van der Waals surface area contributed by atoms with Gasteiger partial charge in [0.05, 0.1) is 5.69 Å². The molecule has 0 bridgehead atoms. The Labute approximate surface area is 77.4 Å². The Bertz CT molecular complexity index is 335. The normalized spacial score (nSPS) is 16.7. The number of aromatic nitrogens is 1. The van der Waals surface area contributed by atoms with Gasteiger partial charge in [-0.15, -0.1) is 0 Å². The average molecular weight is 176 g/mol. The van der Waals surface area contributed by atoms with Crippen molar-refractivity contribution in [2.75, 3.05) is 18.5 Å². The fourth-order valence-electron chi connectivity index (χ4n) is 1.64. The second-order valence-corrected chi connectivity index (χ2v) is 3.32. The van der Waals surface area contributed by atoms with Crippen molar-refractivity contribution in [1.29, 1.82) is 0 Å². The Morgan fingerprint density at radius 3 is 3.23 bits per heavy atom. The summed E-state index contributed by atoms with van der Waals surface area (Å²) in [5.41, 5.74) is 1.59. The molecule has 0 radical (unpaired) electrons. The fraction of sp³-hybridized carbons (Fsp3) is 0.400. The third kappa shape index (κ3) is 1.41. The third-order valence-corrected chi connectivity index (χ3v) is 2.36. The van der Waals surface area contributed by atoms with Gasteiger partial charge < -0.3 is 4.90 Å². The van der Waals surface area contributed by atoms with E-state index in [0.29, 0.717) is 12.1 Å². The molecule has 3 nitrogen and oxygen atoms in total. The van der Waals surface area contributed by atoms with Gasteiger partial charge >= 0.3 is 0 Å². The van der Waals surface area contributed by atoms with E-state index >= 15 is 0 Å². The van der Waals surface area contributed by atoms with E-state index in [1.165, 1.54) is 0 Å². The average Bonchev–Trinajstić information content (AvgIpc) is 2.29.